The van der Waals surface area contributed by atoms with E-state index in [0.717, 1.165) is 4.68 Å². The smallest absolute Gasteiger partial charge is 0.341 e. The Balaban J connectivity index is 2.44. The van der Waals surface area contributed by atoms with E-state index in [1.165, 1.54) is 11.8 Å². The number of aromatic amines is 1. The van der Waals surface area contributed by atoms with Gasteiger partial charge in [0.2, 0.25) is 0 Å². The molecule has 2 rings (SSSR count). The predicted octanol–water partition coefficient (Wildman–Crippen LogP) is 0.296. The third kappa shape index (κ3) is 1.98. The first-order valence-corrected chi connectivity index (χ1v) is 5.59. The fraction of sp³-hybridized carbons (Fsp3) is 0.222. The van der Waals surface area contributed by atoms with Gasteiger partial charge in [0.1, 0.15) is 4.90 Å². The summed E-state index contributed by atoms with van der Waals surface area (Å²) in [6, 6.07) is -0.829. The van der Waals surface area contributed by atoms with Crippen LogP contribution in [0.4, 0.5) is 4.79 Å². The van der Waals surface area contributed by atoms with Gasteiger partial charge in [0.05, 0.1) is 0 Å². The number of nitrogens with zero attached hydrogens (tertiary/aromatic N) is 3. The Hall–Kier alpha value is -1.96. The number of aryl methyl sites for hydroxylation is 2. The van der Waals surface area contributed by atoms with Gasteiger partial charge in [-0.15, -0.1) is 0 Å². The molecular formula is C9H11N5O2S. The van der Waals surface area contributed by atoms with Crippen molar-refractivity contribution in [1.29, 1.82) is 0 Å². The van der Waals surface area contributed by atoms with Gasteiger partial charge < -0.3 is 10.3 Å². The minimum atomic E-state index is -0.829. The minimum absolute atomic E-state index is 0.415. The summed E-state index contributed by atoms with van der Waals surface area (Å²) in [5.74, 6) is 0. The molecule has 2 aromatic rings. The summed E-state index contributed by atoms with van der Waals surface area (Å²) in [7, 11) is 1.82. The van der Waals surface area contributed by atoms with Crippen molar-refractivity contribution in [1.82, 2.24) is 19.3 Å². The molecule has 2 heterocycles. The maximum atomic E-state index is 11.8. The zero-order valence-corrected chi connectivity index (χ0v) is 10.1. The van der Waals surface area contributed by atoms with Gasteiger partial charge in [0.25, 0.3) is 5.56 Å². The minimum Gasteiger partial charge on any atom is -0.350 e. The standard InChI is InChI=1S/C9H11N5O2S/c1-5-6(7(15)14(12-5)8(10)16)17-9-11-3-4-13(9)2/h3-4,12H,1-2H3,(H2,10,16). The van der Waals surface area contributed by atoms with E-state index in [2.05, 4.69) is 10.1 Å². The molecule has 0 saturated heterocycles. The zero-order valence-electron chi connectivity index (χ0n) is 9.30. The van der Waals surface area contributed by atoms with Gasteiger partial charge in [-0.2, -0.15) is 4.68 Å². The largest absolute Gasteiger partial charge is 0.350 e. The maximum absolute atomic E-state index is 11.8. The van der Waals surface area contributed by atoms with Crippen LogP contribution in [0.2, 0.25) is 0 Å². The fourth-order valence-electron chi connectivity index (χ4n) is 1.35. The Morgan fingerprint density at radius 2 is 2.29 bits per heavy atom. The normalized spacial score (nSPS) is 10.7. The number of nitrogens with two attached hydrogens (primary N) is 1. The van der Waals surface area contributed by atoms with Crippen LogP contribution >= 0.6 is 11.8 Å². The lowest BCUT2D eigenvalue weighted by Gasteiger charge is -1.98. The average Bonchev–Trinajstić information content (AvgIpc) is 2.77. The molecule has 1 amide bonds. The molecule has 0 atom stereocenters. The van der Waals surface area contributed by atoms with E-state index < -0.39 is 11.6 Å². The van der Waals surface area contributed by atoms with Crippen molar-refractivity contribution in [2.24, 2.45) is 12.8 Å². The van der Waals surface area contributed by atoms with Gasteiger partial charge in [-0.05, 0) is 18.7 Å². The molecule has 0 spiro atoms. The Kier molecular flexibility index (Phi) is 2.80. The molecule has 0 aliphatic heterocycles. The Morgan fingerprint density at radius 3 is 2.76 bits per heavy atom. The molecule has 0 fully saturated rings. The molecule has 2 aromatic heterocycles. The summed E-state index contributed by atoms with van der Waals surface area (Å²) in [6.45, 7) is 1.70. The first-order valence-electron chi connectivity index (χ1n) is 4.77. The number of amides is 1. The van der Waals surface area contributed by atoms with Crippen molar-refractivity contribution in [3.05, 3.63) is 28.4 Å². The highest BCUT2D eigenvalue weighted by molar-refractivity contribution is 7.99. The van der Waals surface area contributed by atoms with E-state index >= 15 is 0 Å². The van der Waals surface area contributed by atoms with Crippen LogP contribution in [0.1, 0.15) is 5.69 Å². The van der Waals surface area contributed by atoms with E-state index in [4.69, 9.17) is 5.73 Å². The van der Waals surface area contributed by atoms with Crippen molar-refractivity contribution in [2.45, 2.75) is 17.0 Å². The number of rotatable bonds is 2. The lowest BCUT2D eigenvalue weighted by molar-refractivity contribution is 0.247. The molecule has 90 valence electrons. The quantitative estimate of drug-likeness (QED) is 0.803. The van der Waals surface area contributed by atoms with Gasteiger partial charge in [0, 0.05) is 25.1 Å². The van der Waals surface area contributed by atoms with E-state index in [0.29, 0.717) is 15.7 Å². The van der Waals surface area contributed by atoms with Crippen molar-refractivity contribution in [2.75, 3.05) is 0 Å². The highest BCUT2D eigenvalue weighted by Gasteiger charge is 2.16. The second-order valence-corrected chi connectivity index (χ2v) is 4.45. The summed E-state index contributed by atoms with van der Waals surface area (Å²) in [5.41, 5.74) is 5.19. The molecule has 3 N–H and O–H groups in total. The summed E-state index contributed by atoms with van der Waals surface area (Å²) in [4.78, 5) is 27.3. The number of primary amides is 1. The van der Waals surface area contributed by atoms with Crippen LogP contribution in [-0.2, 0) is 7.05 Å². The highest BCUT2D eigenvalue weighted by Crippen LogP contribution is 2.24. The summed E-state index contributed by atoms with van der Waals surface area (Å²) in [5, 5.41) is 3.28. The number of hydrogen-bond acceptors (Lipinski definition) is 4. The topological polar surface area (TPSA) is 98.7 Å². The molecule has 0 bridgehead atoms. The summed E-state index contributed by atoms with van der Waals surface area (Å²) in [6.07, 6.45) is 3.41. The number of carbonyl (C=O) groups excluding carboxylic acids is 1. The SMILES string of the molecule is Cc1[nH]n(C(N)=O)c(=O)c1Sc1nccn1C. The van der Waals surface area contributed by atoms with Crippen molar-refractivity contribution in [3.8, 4) is 0 Å². The number of H-pyrrole nitrogens is 1. The lowest BCUT2D eigenvalue weighted by Crippen LogP contribution is -2.30. The number of nitrogens with one attached hydrogen (secondary N) is 1. The first kappa shape index (κ1) is 11.5. The fourth-order valence-corrected chi connectivity index (χ4v) is 2.23. The van der Waals surface area contributed by atoms with Crippen molar-refractivity contribution in [3.63, 3.8) is 0 Å². The maximum Gasteiger partial charge on any atom is 0.341 e. The second-order valence-electron chi connectivity index (χ2n) is 3.47. The van der Waals surface area contributed by atoms with Gasteiger partial charge in [-0.25, -0.2) is 9.78 Å². The summed E-state index contributed by atoms with van der Waals surface area (Å²) >= 11 is 1.19. The monoisotopic (exact) mass is 253 g/mol. The molecule has 0 aliphatic rings. The van der Waals surface area contributed by atoms with Gasteiger partial charge in [0.15, 0.2) is 5.16 Å². The Morgan fingerprint density at radius 1 is 1.59 bits per heavy atom. The van der Waals surface area contributed by atoms with Crippen LogP contribution in [0.5, 0.6) is 0 Å². The molecule has 0 saturated carbocycles. The van der Waals surface area contributed by atoms with Crippen LogP contribution in [0, 0.1) is 6.92 Å². The number of hydrogen-bond donors (Lipinski definition) is 2. The average molecular weight is 253 g/mol. The van der Waals surface area contributed by atoms with Gasteiger partial charge >= 0.3 is 6.03 Å². The molecular weight excluding hydrogens is 242 g/mol. The molecule has 0 unspecified atom stereocenters. The van der Waals surface area contributed by atoms with Crippen LogP contribution in [0.15, 0.2) is 27.2 Å². The Bertz CT molecular complexity index is 624. The van der Waals surface area contributed by atoms with Crippen LogP contribution in [0.25, 0.3) is 0 Å². The van der Waals surface area contributed by atoms with Crippen LogP contribution < -0.4 is 11.3 Å². The lowest BCUT2D eigenvalue weighted by atomic mass is 10.5. The van der Waals surface area contributed by atoms with Crippen molar-refractivity contribution < 1.29 is 4.79 Å². The predicted molar refractivity (Wildman–Crippen MR) is 62.1 cm³/mol. The van der Waals surface area contributed by atoms with Crippen molar-refractivity contribution >= 4 is 17.8 Å². The second kappa shape index (κ2) is 4.13. The van der Waals surface area contributed by atoms with Gasteiger partial charge in [-0.3, -0.25) is 9.89 Å². The number of imidazole rings is 1. The van der Waals surface area contributed by atoms with E-state index in [9.17, 15) is 9.59 Å². The molecule has 0 aliphatic carbocycles. The molecule has 0 aromatic carbocycles. The zero-order chi connectivity index (χ0) is 12.6. The molecule has 8 heteroatoms. The Labute approximate surface area is 101 Å². The van der Waals surface area contributed by atoms with E-state index in [-0.39, 0.29) is 0 Å². The molecule has 7 nitrogen and oxygen atoms in total. The van der Waals surface area contributed by atoms with E-state index in [1.54, 1.807) is 23.9 Å². The number of carbonyl (C=O) groups is 1. The first-order chi connectivity index (χ1) is 8.00. The third-order valence-electron chi connectivity index (χ3n) is 2.21. The molecule has 0 radical (unpaired) electrons. The summed E-state index contributed by atoms with van der Waals surface area (Å²) < 4.78 is 2.56. The van der Waals surface area contributed by atoms with Crippen LogP contribution in [-0.4, -0.2) is 25.4 Å². The van der Waals surface area contributed by atoms with Gasteiger partial charge in [-0.1, -0.05) is 0 Å². The highest BCUT2D eigenvalue weighted by atomic mass is 32.2. The van der Waals surface area contributed by atoms with E-state index in [1.807, 2.05) is 7.05 Å². The van der Waals surface area contributed by atoms with Crippen LogP contribution in [0.3, 0.4) is 0 Å². The molecule has 17 heavy (non-hydrogen) atoms. The third-order valence-corrected chi connectivity index (χ3v) is 3.47. The number of aromatic nitrogens is 4.